The number of rotatable bonds is 8. The fourth-order valence-corrected chi connectivity index (χ4v) is 3.58. The standard InChI is InChI=1S/C15H24N2O3S/c1-4-9-17(2)21(18,19)15-8-5-12(10-14(15)20-3)11-16-13-6-7-13/h5,8,10,13,16H,4,6-7,9,11H2,1-3H3. The van der Waals surface area contributed by atoms with Gasteiger partial charge in [-0.1, -0.05) is 13.0 Å². The summed E-state index contributed by atoms with van der Waals surface area (Å²) in [6.07, 6.45) is 3.23. The second-order valence-electron chi connectivity index (χ2n) is 5.47. The number of hydrogen-bond acceptors (Lipinski definition) is 4. The van der Waals surface area contributed by atoms with E-state index in [-0.39, 0.29) is 4.90 Å². The van der Waals surface area contributed by atoms with E-state index in [1.54, 1.807) is 13.1 Å². The molecule has 0 unspecified atom stereocenters. The van der Waals surface area contributed by atoms with Crippen LogP contribution in [0.1, 0.15) is 31.7 Å². The van der Waals surface area contributed by atoms with E-state index in [9.17, 15) is 8.42 Å². The van der Waals surface area contributed by atoms with Crippen molar-refractivity contribution in [1.82, 2.24) is 9.62 Å². The van der Waals surface area contributed by atoms with E-state index in [1.165, 1.54) is 24.3 Å². The number of ether oxygens (including phenoxy) is 1. The van der Waals surface area contributed by atoms with E-state index < -0.39 is 10.0 Å². The third kappa shape index (κ3) is 3.96. The van der Waals surface area contributed by atoms with Crippen molar-refractivity contribution < 1.29 is 13.2 Å². The molecule has 1 aliphatic rings. The maximum Gasteiger partial charge on any atom is 0.246 e. The molecule has 0 aromatic heterocycles. The van der Waals surface area contributed by atoms with Crippen LogP contribution < -0.4 is 10.1 Å². The molecule has 5 nitrogen and oxygen atoms in total. The summed E-state index contributed by atoms with van der Waals surface area (Å²) >= 11 is 0. The summed E-state index contributed by atoms with van der Waals surface area (Å²) in [5.41, 5.74) is 1.04. The van der Waals surface area contributed by atoms with Crippen molar-refractivity contribution in [3.05, 3.63) is 23.8 Å². The fourth-order valence-electron chi connectivity index (χ4n) is 2.19. The maximum absolute atomic E-state index is 12.5. The van der Waals surface area contributed by atoms with E-state index in [4.69, 9.17) is 4.74 Å². The van der Waals surface area contributed by atoms with Crippen molar-refractivity contribution in [1.29, 1.82) is 0 Å². The monoisotopic (exact) mass is 312 g/mol. The number of nitrogens with one attached hydrogen (secondary N) is 1. The van der Waals surface area contributed by atoms with Gasteiger partial charge >= 0.3 is 0 Å². The predicted molar refractivity (Wildman–Crippen MR) is 83.0 cm³/mol. The Kier molecular flexibility index (Phi) is 5.24. The molecule has 0 aliphatic heterocycles. The summed E-state index contributed by atoms with van der Waals surface area (Å²) < 4.78 is 31.7. The smallest absolute Gasteiger partial charge is 0.246 e. The lowest BCUT2D eigenvalue weighted by Crippen LogP contribution is -2.28. The van der Waals surface area contributed by atoms with Gasteiger partial charge < -0.3 is 10.1 Å². The zero-order valence-corrected chi connectivity index (χ0v) is 13.7. The third-order valence-electron chi connectivity index (χ3n) is 3.63. The highest BCUT2D eigenvalue weighted by Crippen LogP contribution is 2.28. The first-order chi connectivity index (χ1) is 9.98. The van der Waals surface area contributed by atoms with Crippen molar-refractivity contribution in [2.75, 3.05) is 20.7 Å². The molecule has 1 N–H and O–H groups in total. The normalized spacial score (nSPS) is 15.4. The van der Waals surface area contributed by atoms with Gasteiger partial charge in [-0.3, -0.25) is 0 Å². The van der Waals surface area contributed by atoms with Gasteiger partial charge in [-0.25, -0.2) is 12.7 Å². The van der Waals surface area contributed by atoms with Crippen LogP contribution in [0.15, 0.2) is 23.1 Å². The number of nitrogens with zero attached hydrogens (tertiary/aromatic N) is 1. The highest BCUT2D eigenvalue weighted by atomic mass is 32.2. The highest BCUT2D eigenvalue weighted by molar-refractivity contribution is 7.89. The van der Waals surface area contributed by atoms with Crippen LogP contribution in [0.3, 0.4) is 0 Å². The Morgan fingerprint density at radius 3 is 2.67 bits per heavy atom. The molecule has 1 fully saturated rings. The molecule has 2 rings (SSSR count). The first-order valence-electron chi connectivity index (χ1n) is 7.35. The second kappa shape index (κ2) is 6.77. The van der Waals surface area contributed by atoms with Crippen LogP contribution >= 0.6 is 0 Å². The van der Waals surface area contributed by atoms with Crippen LogP contribution in [0, 0.1) is 0 Å². The summed E-state index contributed by atoms with van der Waals surface area (Å²) in [4.78, 5) is 0.233. The lowest BCUT2D eigenvalue weighted by molar-refractivity contribution is 0.397. The van der Waals surface area contributed by atoms with E-state index in [0.717, 1.165) is 18.5 Å². The molecule has 1 aromatic carbocycles. The first-order valence-corrected chi connectivity index (χ1v) is 8.79. The van der Waals surface area contributed by atoms with Crippen LogP contribution in [0.25, 0.3) is 0 Å². The molecule has 0 saturated heterocycles. The van der Waals surface area contributed by atoms with Gasteiger partial charge in [0, 0.05) is 26.2 Å². The fraction of sp³-hybridized carbons (Fsp3) is 0.600. The maximum atomic E-state index is 12.5. The molecule has 1 aromatic rings. The molecule has 6 heteroatoms. The Morgan fingerprint density at radius 1 is 1.38 bits per heavy atom. The van der Waals surface area contributed by atoms with E-state index in [2.05, 4.69) is 5.32 Å². The summed E-state index contributed by atoms with van der Waals surface area (Å²) in [6, 6.07) is 5.92. The average molecular weight is 312 g/mol. The Hall–Kier alpha value is -1.11. The lowest BCUT2D eigenvalue weighted by Gasteiger charge is -2.18. The van der Waals surface area contributed by atoms with E-state index in [1.807, 2.05) is 19.1 Å². The van der Waals surface area contributed by atoms with Gasteiger partial charge in [0.2, 0.25) is 10.0 Å². The molecule has 0 atom stereocenters. The minimum Gasteiger partial charge on any atom is -0.495 e. The van der Waals surface area contributed by atoms with Crippen molar-refractivity contribution in [3.63, 3.8) is 0 Å². The number of hydrogen-bond donors (Lipinski definition) is 1. The molecule has 0 bridgehead atoms. The molecule has 0 radical (unpaired) electrons. The van der Waals surface area contributed by atoms with Gasteiger partial charge in [-0.15, -0.1) is 0 Å². The molecule has 1 saturated carbocycles. The van der Waals surface area contributed by atoms with E-state index >= 15 is 0 Å². The molecular formula is C15H24N2O3S. The van der Waals surface area contributed by atoms with Gasteiger partial charge in [-0.2, -0.15) is 0 Å². The molecule has 118 valence electrons. The molecule has 0 spiro atoms. The van der Waals surface area contributed by atoms with Crippen LogP contribution in [-0.2, 0) is 16.6 Å². The van der Waals surface area contributed by atoms with Gasteiger partial charge in [0.1, 0.15) is 10.6 Å². The van der Waals surface area contributed by atoms with Gasteiger partial charge in [0.05, 0.1) is 7.11 Å². The van der Waals surface area contributed by atoms with Crippen LogP contribution in [0.5, 0.6) is 5.75 Å². The largest absolute Gasteiger partial charge is 0.495 e. The Balaban J connectivity index is 2.22. The summed E-state index contributed by atoms with van der Waals surface area (Å²) in [7, 11) is -0.387. The van der Waals surface area contributed by atoms with Crippen molar-refractivity contribution >= 4 is 10.0 Å². The van der Waals surface area contributed by atoms with Crippen LogP contribution in [0.2, 0.25) is 0 Å². The second-order valence-corrected chi connectivity index (χ2v) is 7.48. The quantitative estimate of drug-likeness (QED) is 0.797. The summed E-state index contributed by atoms with van der Waals surface area (Å²) in [6.45, 7) is 3.19. The zero-order chi connectivity index (χ0) is 15.5. The van der Waals surface area contributed by atoms with Crippen LogP contribution in [-0.4, -0.2) is 39.5 Å². The van der Waals surface area contributed by atoms with Gasteiger partial charge in [0.25, 0.3) is 0 Å². The molecule has 0 amide bonds. The Bertz CT molecular complexity index is 583. The Morgan fingerprint density at radius 2 is 2.10 bits per heavy atom. The summed E-state index contributed by atoms with van der Waals surface area (Å²) in [5, 5.41) is 3.41. The van der Waals surface area contributed by atoms with Crippen molar-refractivity contribution in [3.8, 4) is 5.75 Å². The van der Waals surface area contributed by atoms with Gasteiger partial charge in [-0.05, 0) is 37.0 Å². The minimum atomic E-state index is -3.49. The highest BCUT2D eigenvalue weighted by Gasteiger charge is 2.25. The molecule has 1 aliphatic carbocycles. The molecule has 0 heterocycles. The van der Waals surface area contributed by atoms with Gasteiger partial charge in [0.15, 0.2) is 0 Å². The predicted octanol–water partition coefficient (Wildman–Crippen LogP) is 1.98. The van der Waals surface area contributed by atoms with E-state index in [0.29, 0.717) is 18.3 Å². The lowest BCUT2D eigenvalue weighted by atomic mass is 10.2. The zero-order valence-electron chi connectivity index (χ0n) is 12.9. The molecular weight excluding hydrogens is 288 g/mol. The Labute approximate surface area is 127 Å². The van der Waals surface area contributed by atoms with Crippen LogP contribution in [0.4, 0.5) is 0 Å². The minimum absolute atomic E-state index is 0.233. The topological polar surface area (TPSA) is 58.6 Å². The van der Waals surface area contributed by atoms with Crippen molar-refractivity contribution in [2.45, 2.75) is 43.7 Å². The first kappa shape index (κ1) is 16.3. The number of sulfonamides is 1. The number of methoxy groups -OCH3 is 1. The third-order valence-corrected chi connectivity index (χ3v) is 5.52. The summed E-state index contributed by atoms with van der Waals surface area (Å²) in [5.74, 6) is 0.410. The SMILES string of the molecule is CCCN(C)S(=O)(=O)c1ccc(CNC2CC2)cc1OC. The molecule has 21 heavy (non-hydrogen) atoms. The number of benzene rings is 1. The average Bonchev–Trinajstić information content (AvgIpc) is 3.29. The van der Waals surface area contributed by atoms with Crippen molar-refractivity contribution in [2.24, 2.45) is 0 Å².